The first-order valence-corrected chi connectivity index (χ1v) is 16.5. The van der Waals surface area contributed by atoms with Gasteiger partial charge in [-0.05, 0) is 74.7 Å². The van der Waals surface area contributed by atoms with E-state index < -0.39 is 6.04 Å². The van der Waals surface area contributed by atoms with Crippen molar-refractivity contribution in [1.82, 2.24) is 19.5 Å². The van der Waals surface area contributed by atoms with Gasteiger partial charge in [-0.3, -0.25) is 19.1 Å². The number of anilines is 1. The van der Waals surface area contributed by atoms with Crippen molar-refractivity contribution in [3.63, 3.8) is 0 Å². The van der Waals surface area contributed by atoms with Gasteiger partial charge in [0.1, 0.15) is 17.9 Å². The Hall–Kier alpha value is -5.60. The van der Waals surface area contributed by atoms with Gasteiger partial charge in [0.2, 0.25) is 0 Å². The third kappa shape index (κ3) is 5.89. The minimum absolute atomic E-state index is 0.134. The van der Waals surface area contributed by atoms with Crippen molar-refractivity contribution in [3.05, 3.63) is 153 Å². The molecular formula is C40H34ClN5O3. The average Bonchev–Trinajstić information content (AvgIpc) is 3.11. The minimum atomic E-state index is -0.547. The lowest BCUT2D eigenvalue weighted by molar-refractivity contribution is 0.104. The van der Waals surface area contributed by atoms with Gasteiger partial charge in [-0.2, -0.15) is 0 Å². The second kappa shape index (κ2) is 13.1. The van der Waals surface area contributed by atoms with E-state index in [1.807, 2.05) is 112 Å². The van der Waals surface area contributed by atoms with E-state index in [1.54, 1.807) is 17.8 Å². The molecule has 0 amide bonds. The molecule has 0 spiro atoms. The summed E-state index contributed by atoms with van der Waals surface area (Å²) in [7, 11) is 1.64. The summed E-state index contributed by atoms with van der Waals surface area (Å²) in [6.45, 7) is 5.80. The Morgan fingerprint density at radius 1 is 0.918 bits per heavy atom. The zero-order valence-electron chi connectivity index (χ0n) is 27.6. The van der Waals surface area contributed by atoms with Crippen LogP contribution in [0.3, 0.4) is 0 Å². The number of carbonyl (C=O) groups is 1. The number of pyridine rings is 2. The Labute approximate surface area is 289 Å². The zero-order chi connectivity index (χ0) is 34.2. The van der Waals surface area contributed by atoms with E-state index in [2.05, 4.69) is 20.3 Å². The standard InChI is InChI=1S/C40H34ClN5O3/c1-23-13-19-30(24(2)44-23)31-11-8-12-32-34(31)40(48)46(28-9-6-5-7-10-28)38(36(32)41)25(3)45-39-35-33(47)20-16-27(37(35)42-22-43-39)21-26-14-17-29(49-4)18-15-26/h5-20,22,25,27H,21H2,1-4H3,(H,42,43,45). The molecule has 0 fully saturated rings. The number of aryl methyl sites for hydroxylation is 2. The van der Waals surface area contributed by atoms with Crippen molar-refractivity contribution < 1.29 is 9.53 Å². The summed E-state index contributed by atoms with van der Waals surface area (Å²) >= 11 is 7.33. The second-order valence-corrected chi connectivity index (χ2v) is 12.6. The fraction of sp³-hybridized carbons (Fsp3) is 0.175. The van der Waals surface area contributed by atoms with E-state index in [1.165, 1.54) is 6.33 Å². The molecule has 6 aromatic rings. The molecule has 1 N–H and O–H groups in total. The molecule has 3 heterocycles. The number of nitrogens with one attached hydrogen (secondary N) is 1. The van der Waals surface area contributed by atoms with E-state index >= 15 is 0 Å². The lowest BCUT2D eigenvalue weighted by Crippen LogP contribution is -2.27. The van der Waals surface area contributed by atoms with Gasteiger partial charge in [-0.15, -0.1) is 0 Å². The molecule has 0 aliphatic heterocycles. The lowest BCUT2D eigenvalue weighted by Gasteiger charge is -2.26. The van der Waals surface area contributed by atoms with E-state index in [-0.39, 0.29) is 17.3 Å². The highest BCUT2D eigenvalue weighted by Gasteiger charge is 2.29. The molecule has 3 aromatic heterocycles. The highest BCUT2D eigenvalue weighted by atomic mass is 35.5. The van der Waals surface area contributed by atoms with Crippen LogP contribution in [0.15, 0.2) is 108 Å². The van der Waals surface area contributed by atoms with Crippen molar-refractivity contribution in [1.29, 1.82) is 0 Å². The smallest absolute Gasteiger partial charge is 0.263 e. The molecule has 244 valence electrons. The largest absolute Gasteiger partial charge is 0.497 e. The monoisotopic (exact) mass is 667 g/mol. The van der Waals surface area contributed by atoms with Crippen molar-refractivity contribution in [3.8, 4) is 22.6 Å². The normalized spacial score (nSPS) is 14.5. The number of methoxy groups -OCH3 is 1. The SMILES string of the molecule is COc1ccc(CC2C=CC(=O)c3c(NC(C)c4c(Cl)c5cccc(-c6ccc(C)nc6C)c5c(=O)n4-c4ccccc4)ncnc32)cc1. The number of benzene rings is 3. The van der Waals surface area contributed by atoms with Crippen LogP contribution in [-0.4, -0.2) is 32.4 Å². The number of aromatic nitrogens is 4. The van der Waals surface area contributed by atoms with Gasteiger partial charge < -0.3 is 10.1 Å². The number of rotatable bonds is 8. The fourth-order valence-corrected chi connectivity index (χ4v) is 7.11. The highest BCUT2D eigenvalue weighted by Crippen LogP contribution is 2.38. The maximum atomic E-state index is 14.7. The first kappa shape index (κ1) is 32.0. The maximum Gasteiger partial charge on any atom is 0.263 e. The molecule has 49 heavy (non-hydrogen) atoms. The van der Waals surface area contributed by atoms with Gasteiger partial charge in [0, 0.05) is 33.9 Å². The van der Waals surface area contributed by atoms with E-state index in [0.717, 1.165) is 33.8 Å². The quantitative estimate of drug-likeness (QED) is 0.174. The van der Waals surface area contributed by atoms with E-state index in [4.69, 9.17) is 16.3 Å². The van der Waals surface area contributed by atoms with E-state index in [0.29, 0.717) is 50.7 Å². The van der Waals surface area contributed by atoms with Crippen molar-refractivity contribution >= 4 is 34.0 Å². The van der Waals surface area contributed by atoms with Gasteiger partial charge in [0.05, 0.1) is 40.5 Å². The number of carbonyl (C=O) groups excluding carboxylic acids is 1. The van der Waals surface area contributed by atoms with Crippen LogP contribution in [0.5, 0.6) is 5.75 Å². The summed E-state index contributed by atoms with van der Waals surface area (Å²) < 4.78 is 6.97. The number of ether oxygens (including phenoxy) is 1. The van der Waals surface area contributed by atoms with Crippen molar-refractivity contribution in [2.24, 2.45) is 0 Å². The first-order valence-electron chi connectivity index (χ1n) is 16.1. The number of nitrogens with zero attached hydrogens (tertiary/aromatic N) is 4. The maximum absolute atomic E-state index is 14.7. The van der Waals surface area contributed by atoms with E-state index in [9.17, 15) is 9.59 Å². The van der Waals surface area contributed by atoms with Crippen LogP contribution in [0, 0.1) is 13.8 Å². The summed E-state index contributed by atoms with van der Waals surface area (Å²) in [5.41, 5.74) is 6.48. The Kier molecular flexibility index (Phi) is 8.57. The van der Waals surface area contributed by atoms with Gasteiger partial charge in [0.25, 0.3) is 5.56 Å². The number of hydrogen-bond acceptors (Lipinski definition) is 7. The van der Waals surface area contributed by atoms with Crippen LogP contribution >= 0.6 is 11.6 Å². The number of ketones is 1. The van der Waals surface area contributed by atoms with Crippen LogP contribution in [0.25, 0.3) is 27.6 Å². The lowest BCUT2D eigenvalue weighted by atomic mass is 9.87. The summed E-state index contributed by atoms with van der Waals surface area (Å²) in [6, 6.07) is 26.4. The minimum Gasteiger partial charge on any atom is -0.497 e. The molecule has 0 saturated heterocycles. The Morgan fingerprint density at radius 2 is 1.69 bits per heavy atom. The highest BCUT2D eigenvalue weighted by molar-refractivity contribution is 6.36. The molecule has 1 aliphatic rings. The van der Waals surface area contributed by atoms with Crippen LogP contribution in [0.4, 0.5) is 5.82 Å². The second-order valence-electron chi connectivity index (χ2n) is 12.2. The van der Waals surface area contributed by atoms with Gasteiger partial charge in [0.15, 0.2) is 5.78 Å². The number of allylic oxidation sites excluding steroid dienone is 2. The fourth-order valence-electron chi connectivity index (χ4n) is 6.70. The Morgan fingerprint density at radius 3 is 2.43 bits per heavy atom. The molecule has 8 nitrogen and oxygen atoms in total. The predicted octanol–water partition coefficient (Wildman–Crippen LogP) is 8.37. The molecule has 9 heteroatoms. The van der Waals surface area contributed by atoms with Crippen LogP contribution in [0.2, 0.25) is 5.02 Å². The summed E-state index contributed by atoms with van der Waals surface area (Å²) in [5.74, 6) is 0.837. The number of hydrogen-bond donors (Lipinski definition) is 1. The molecule has 1 aliphatic carbocycles. The third-order valence-corrected chi connectivity index (χ3v) is 9.44. The van der Waals surface area contributed by atoms with Crippen molar-refractivity contribution in [2.75, 3.05) is 12.4 Å². The number of para-hydroxylation sites is 1. The molecular weight excluding hydrogens is 634 g/mol. The molecule has 2 unspecified atom stereocenters. The first-order chi connectivity index (χ1) is 23.7. The topological polar surface area (TPSA) is 99.0 Å². The summed E-state index contributed by atoms with van der Waals surface area (Å²) in [4.78, 5) is 41.9. The Bertz CT molecular complexity index is 2320. The van der Waals surface area contributed by atoms with Crippen LogP contribution in [0.1, 0.15) is 57.6 Å². The average molecular weight is 668 g/mol. The predicted molar refractivity (Wildman–Crippen MR) is 194 cm³/mol. The van der Waals surface area contributed by atoms with Gasteiger partial charge in [-0.25, -0.2) is 9.97 Å². The van der Waals surface area contributed by atoms with Gasteiger partial charge in [-0.1, -0.05) is 72.3 Å². The zero-order valence-corrected chi connectivity index (χ0v) is 28.3. The molecule has 7 rings (SSSR count). The molecule has 0 bridgehead atoms. The van der Waals surface area contributed by atoms with Gasteiger partial charge >= 0.3 is 0 Å². The third-order valence-electron chi connectivity index (χ3n) is 9.05. The van der Waals surface area contributed by atoms with Crippen LogP contribution in [-0.2, 0) is 6.42 Å². The summed E-state index contributed by atoms with van der Waals surface area (Å²) in [5, 5.41) is 5.00. The number of halogens is 1. The molecule has 3 aromatic carbocycles. The summed E-state index contributed by atoms with van der Waals surface area (Å²) in [6.07, 6.45) is 5.60. The molecule has 2 atom stereocenters. The van der Waals surface area contributed by atoms with Crippen molar-refractivity contribution in [2.45, 2.75) is 39.2 Å². The Balaban J connectivity index is 1.34. The number of fused-ring (bicyclic) bond motifs is 2. The molecule has 0 radical (unpaired) electrons. The van der Waals surface area contributed by atoms with Crippen LogP contribution < -0.4 is 15.6 Å². The molecule has 0 saturated carbocycles.